The molecule has 0 heterocycles. The van der Waals surface area contributed by atoms with E-state index in [0.29, 0.717) is 0 Å². The number of carbonyl (C=O) groups excluding carboxylic acids is 1. The fraction of sp³-hybridized carbons (Fsp3) is 0.429. The van der Waals surface area contributed by atoms with Crippen molar-refractivity contribution in [3.63, 3.8) is 0 Å². The normalized spacial score (nSPS) is 11.7. The number of amidine groups is 1. The van der Waals surface area contributed by atoms with Gasteiger partial charge in [0.25, 0.3) is 0 Å². The second kappa shape index (κ2) is 5.46. The monoisotopic (exact) mass is 156 g/mol. The summed E-state index contributed by atoms with van der Waals surface area (Å²) in [7, 11) is 2.99. The summed E-state index contributed by atoms with van der Waals surface area (Å²) >= 11 is 0. The molecule has 0 atom stereocenters. The highest BCUT2D eigenvalue weighted by Gasteiger charge is 1.88. The first-order valence-electron chi connectivity index (χ1n) is 3.15. The SMILES string of the molecule is CN=C(C)N/C=C/C(=O)OC. The molecule has 62 valence electrons. The van der Waals surface area contributed by atoms with Gasteiger partial charge in [-0.2, -0.15) is 0 Å². The van der Waals surface area contributed by atoms with Gasteiger partial charge in [-0.25, -0.2) is 4.79 Å². The molecule has 0 fully saturated rings. The quantitative estimate of drug-likeness (QED) is 0.271. The van der Waals surface area contributed by atoms with E-state index >= 15 is 0 Å². The first-order valence-corrected chi connectivity index (χ1v) is 3.15. The second-order valence-corrected chi connectivity index (χ2v) is 1.81. The number of hydrogen-bond donors (Lipinski definition) is 1. The van der Waals surface area contributed by atoms with Crippen LogP contribution in [0, 0.1) is 0 Å². The van der Waals surface area contributed by atoms with Gasteiger partial charge in [-0.15, -0.1) is 0 Å². The molecular formula is C7H12N2O2. The van der Waals surface area contributed by atoms with Crippen molar-refractivity contribution in [2.24, 2.45) is 4.99 Å². The number of ether oxygens (including phenoxy) is 1. The molecular weight excluding hydrogens is 144 g/mol. The van der Waals surface area contributed by atoms with Gasteiger partial charge >= 0.3 is 5.97 Å². The number of rotatable bonds is 2. The van der Waals surface area contributed by atoms with Gasteiger partial charge in [-0.05, 0) is 6.92 Å². The first kappa shape index (κ1) is 9.68. The lowest BCUT2D eigenvalue weighted by molar-refractivity contribution is -0.134. The lowest BCUT2D eigenvalue weighted by Crippen LogP contribution is -2.13. The zero-order valence-electron chi connectivity index (χ0n) is 6.92. The molecule has 0 aliphatic rings. The van der Waals surface area contributed by atoms with Crippen molar-refractivity contribution in [1.82, 2.24) is 5.32 Å². The highest BCUT2D eigenvalue weighted by molar-refractivity contribution is 5.84. The number of aliphatic imine (C=N–C) groups is 1. The largest absolute Gasteiger partial charge is 0.466 e. The molecule has 4 nitrogen and oxygen atoms in total. The summed E-state index contributed by atoms with van der Waals surface area (Å²) in [5.74, 6) is 0.353. The van der Waals surface area contributed by atoms with Crippen LogP contribution in [0.1, 0.15) is 6.92 Å². The van der Waals surface area contributed by atoms with Crippen LogP contribution in [0.5, 0.6) is 0 Å². The van der Waals surface area contributed by atoms with Gasteiger partial charge in [0, 0.05) is 19.3 Å². The Morgan fingerprint density at radius 3 is 2.73 bits per heavy atom. The average Bonchev–Trinajstić information content (AvgIpc) is 2.04. The van der Waals surface area contributed by atoms with Crippen LogP contribution >= 0.6 is 0 Å². The predicted octanol–water partition coefficient (Wildman–Crippen LogP) is 0.311. The van der Waals surface area contributed by atoms with E-state index in [9.17, 15) is 4.79 Å². The number of methoxy groups -OCH3 is 1. The Morgan fingerprint density at radius 1 is 1.64 bits per heavy atom. The Labute approximate surface area is 66.0 Å². The van der Waals surface area contributed by atoms with Crippen LogP contribution in [-0.2, 0) is 9.53 Å². The van der Waals surface area contributed by atoms with Gasteiger partial charge in [-0.3, -0.25) is 4.99 Å². The van der Waals surface area contributed by atoms with Crippen LogP contribution in [-0.4, -0.2) is 26.0 Å². The lowest BCUT2D eigenvalue weighted by atomic mass is 10.6. The third-order valence-electron chi connectivity index (χ3n) is 1.05. The van der Waals surface area contributed by atoms with E-state index < -0.39 is 0 Å². The van der Waals surface area contributed by atoms with Gasteiger partial charge in [0.15, 0.2) is 0 Å². The average molecular weight is 156 g/mol. The fourth-order valence-electron chi connectivity index (χ4n) is 0.363. The Morgan fingerprint density at radius 2 is 2.27 bits per heavy atom. The lowest BCUT2D eigenvalue weighted by Gasteiger charge is -1.95. The summed E-state index contributed by atoms with van der Waals surface area (Å²) in [5.41, 5.74) is 0. The molecule has 0 unspecified atom stereocenters. The van der Waals surface area contributed by atoms with E-state index in [-0.39, 0.29) is 5.97 Å². The second-order valence-electron chi connectivity index (χ2n) is 1.81. The highest BCUT2D eigenvalue weighted by atomic mass is 16.5. The van der Waals surface area contributed by atoms with Crippen molar-refractivity contribution >= 4 is 11.8 Å². The molecule has 1 N–H and O–H groups in total. The van der Waals surface area contributed by atoms with Crippen LogP contribution in [0.4, 0.5) is 0 Å². The summed E-state index contributed by atoms with van der Waals surface area (Å²) in [6.45, 7) is 1.79. The summed E-state index contributed by atoms with van der Waals surface area (Å²) < 4.78 is 4.36. The molecule has 4 heteroatoms. The van der Waals surface area contributed by atoms with Crippen LogP contribution in [0.25, 0.3) is 0 Å². The van der Waals surface area contributed by atoms with Crippen molar-refractivity contribution < 1.29 is 9.53 Å². The smallest absolute Gasteiger partial charge is 0.331 e. The molecule has 0 aliphatic carbocycles. The van der Waals surface area contributed by atoms with E-state index in [1.807, 2.05) is 0 Å². The zero-order chi connectivity index (χ0) is 8.69. The predicted molar refractivity (Wildman–Crippen MR) is 43.3 cm³/mol. The third kappa shape index (κ3) is 5.14. The fourth-order valence-corrected chi connectivity index (χ4v) is 0.363. The van der Waals surface area contributed by atoms with Gasteiger partial charge in [0.2, 0.25) is 0 Å². The van der Waals surface area contributed by atoms with Crippen molar-refractivity contribution in [3.05, 3.63) is 12.3 Å². The Balaban J connectivity index is 3.69. The number of nitrogens with zero attached hydrogens (tertiary/aromatic N) is 1. The summed E-state index contributed by atoms with van der Waals surface area (Å²) in [6, 6.07) is 0. The standard InChI is InChI=1S/C7H12N2O2/c1-6(8-2)9-5-4-7(10)11-3/h4-5H,1-3H3,(H,8,9)/b5-4+. The van der Waals surface area contributed by atoms with Gasteiger partial charge < -0.3 is 10.1 Å². The van der Waals surface area contributed by atoms with Crippen molar-refractivity contribution in [3.8, 4) is 0 Å². The maximum atomic E-state index is 10.5. The van der Waals surface area contributed by atoms with Crippen LogP contribution < -0.4 is 5.32 Å². The molecule has 0 aromatic rings. The zero-order valence-corrected chi connectivity index (χ0v) is 6.92. The van der Waals surface area contributed by atoms with E-state index in [4.69, 9.17) is 0 Å². The number of esters is 1. The summed E-state index contributed by atoms with van der Waals surface area (Å²) in [5, 5.41) is 2.77. The molecule has 0 radical (unpaired) electrons. The third-order valence-corrected chi connectivity index (χ3v) is 1.05. The van der Waals surface area contributed by atoms with Crippen molar-refractivity contribution in [2.45, 2.75) is 6.92 Å². The van der Waals surface area contributed by atoms with E-state index in [1.165, 1.54) is 19.4 Å². The van der Waals surface area contributed by atoms with Gasteiger partial charge in [0.05, 0.1) is 12.9 Å². The molecule has 0 saturated carbocycles. The van der Waals surface area contributed by atoms with Crippen LogP contribution in [0.3, 0.4) is 0 Å². The molecule has 0 spiro atoms. The van der Waals surface area contributed by atoms with Gasteiger partial charge in [0.1, 0.15) is 0 Å². The van der Waals surface area contributed by atoms with Crippen molar-refractivity contribution in [1.29, 1.82) is 0 Å². The molecule has 0 rings (SSSR count). The molecule has 0 aromatic carbocycles. The minimum absolute atomic E-state index is 0.388. The molecule has 0 saturated heterocycles. The number of carbonyl (C=O) groups is 1. The highest BCUT2D eigenvalue weighted by Crippen LogP contribution is 1.75. The topological polar surface area (TPSA) is 50.7 Å². The maximum Gasteiger partial charge on any atom is 0.331 e. The molecule has 0 aliphatic heterocycles. The van der Waals surface area contributed by atoms with E-state index in [0.717, 1.165) is 5.84 Å². The van der Waals surface area contributed by atoms with Crippen LogP contribution in [0.15, 0.2) is 17.3 Å². The Hall–Kier alpha value is -1.32. The number of nitrogens with one attached hydrogen (secondary N) is 1. The molecule has 11 heavy (non-hydrogen) atoms. The Kier molecular flexibility index (Phi) is 4.81. The minimum Gasteiger partial charge on any atom is -0.466 e. The summed E-state index contributed by atoms with van der Waals surface area (Å²) in [6.07, 6.45) is 2.77. The first-order chi connectivity index (χ1) is 5.20. The summed E-state index contributed by atoms with van der Waals surface area (Å²) in [4.78, 5) is 14.3. The van der Waals surface area contributed by atoms with E-state index in [2.05, 4.69) is 15.0 Å². The molecule has 0 amide bonds. The van der Waals surface area contributed by atoms with Crippen molar-refractivity contribution in [2.75, 3.05) is 14.2 Å². The van der Waals surface area contributed by atoms with E-state index in [1.54, 1.807) is 14.0 Å². The maximum absolute atomic E-state index is 10.5. The van der Waals surface area contributed by atoms with Crippen LogP contribution in [0.2, 0.25) is 0 Å². The van der Waals surface area contributed by atoms with Gasteiger partial charge in [-0.1, -0.05) is 0 Å². The molecule has 0 bridgehead atoms. The minimum atomic E-state index is -0.388. The number of hydrogen-bond acceptors (Lipinski definition) is 3. The molecule has 0 aromatic heterocycles. The Bertz CT molecular complexity index is 185.